The summed E-state index contributed by atoms with van der Waals surface area (Å²) in [5, 5.41) is 0. The van der Waals surface area contributed by atoms with E-state index in [0.717, 1.165) is 22.4 Å². The first-order valence-corrected chi connectivity index (χ1v) is 8.94. The summed E-state index contributed by atoms with van der Waals surface area (Å²) in [5.41, 5.74) is 8.36. The van der Waals surface area contributed by atoms with Crippen LogP contribution < -0.4 is 10.3 Å². The van der Waals surface area contributed by atoms with Crippen molar-refractivity contribution in [2.45, 2.75) is 13.8 Å². The number of para-hydroxylation sites is 2. The van der Waals surface area contributed by atoms with Crippen LogP contribution in [0.5, 0.6) is 0 Å². The fourth-order valence-electron chi connectivity index (χ4n) is 4.23. The van der Waals surface area contributed by atoms with Crippen LogP contribution in [0.4, 0.5) is 5.69 Å². The molecular weight excluding hydrogens is 509 g/mol. The van der Waals surface area contributed by atoms with Gasteiger partial charge in [0.1, 0.15) is 0 Å². The third kappa shape index (κ3) is 2.57. The summed E-state index contributed by atoms with van der Waals surface area (Å²) in [6, 6.07) is 24.5. The first-order chi connectivity index (χ1) is 12.7. The van der Waals surface area contributed by atoms with Gasteiger partial charge >= 0.3 is 6.98 Å². The van der Waals surface area contributed by atoms with E-state index in [0.29, 0.717) is 0 Å². The monoisotopic (exact) mass is 529 g/mol. The van der Waals surface area contributed by atoms with Gasteiger partial charge in [-0.1, -0.05) is 52.7 Å². The van der Waals surface area contributed by atoms with Gasteiger partial charge in [0.2, 0.25) is 0 Å². The van der Waals surface area contributed by atoms with E-state index in [2.05, 4.69) is 90.8 Å². The van der Waals surface area contributed by atoms with Crippen LogP contribution in [0, 0.1) is 19.9 Å². The van der Waals surface area contributed by atoms with E-state index in [9.17, 15) is 0 Å². The Morgan fingerprint density at radius 3 is 2.44 bits per heavy atom. The van der Waals surface area contributed by atoms with Crippen LogP contribution in [0.1, 0.15) is 11.1 Å². The number of aromatic nitrogens is 2. The maximum atomic E-state index is 4.97. The minimum atomic E-state index is 0. The largest absolute Gasteiger partial charge is 0.436 e. The number of hydrogen-bond donors (Lipinski definition) is 0. The van der Waals surface area contributed by atoms with Crippen LogP contribution in [0.25, 0.3) is 22.4 Å². The summed E-state index contributed by atoms with van der Waals surface area (Å²) in [7, 11) is 2.17. The quantitative estimate of drug-likeness (QED) is 0.277. The number of anilines is 1. The Balaban J connectivity index is 0.00000180. The maximum Gasteiger partial charge on any atom is 0.399 e. The van der Waals surface area contributed by atoms with Crippen LogP contribution in [-0.2, 0) is 20.1 Å². The summed E-state index contributed by atoms with van der Waals surface area (Å²) in [6.45, 7) is 4.46. The van der Waals surface area contributed by atoms with Crippen molar-refractivity contribution in [1.29, 1.82) is 0 Å². The Hall–Kier alpha value is -2.36. The van der Waals surface area contributed by atoms with Crippen molar-refractivity contribution >= 4 is 29.2 Å². The van der Waals surface area contributed by atoms with Gasteiger partial charge in [-0.05, 0) is 38.5 Å². The summed E-state index contributed by atoms with van der Waals surface area (Å²) in [4.78, 5) is 7.32. The van der Waals surface area contributed by atoms with Crippen LogP contribution >= 0.6 is 0 Å². The minimum Gasteiger partial charge on any atom is -0.436 e. The Kier molecular flexibility index (Phi) is 4.45. The van der Waals surface area contributed by atoms with Gasteiger partial charge in [0.05, 0.1) is 5.52 Å². The molecule has 1 aliphatic heterocycles. The molecule has 1 radical (unpaired) electrons. The molecular formula is C22H19BIrN3-. The summed E-state index contributed by atoms with van der Waals surface area (Å²) in [5.74, 6) is 0.993. The smallest absolute Gasteiger partial charge is 0.399 e. The number of aryl methyl sites for hydroxylation is 2. The first-order valence-electron chi connectivity index (χ1n) is 8.94. The second kappa shape index (κ2) is 6.67. The predicted molar refractivity (Wildman–Crippen MR) is 109 cm³/mol. The van der Waals surface area contributed by atoms with E-state index in [1.807, 2.05) is 6.07 Å². The molecule has 3 aromatic carbocycles. The average molecular weight is 528 g/mol. The van der Waals surface area contributed by atoms with Crippen molar-refractivity contribution in [3.63, 3.8) is 0 Å². The van der Waals surface area contributed by atoms with E-state index in [1.165, 1.54) is 22.3 Å². The summed E-state index contributed by atoms with van der Waals surface area (Å²) >= 11 is 0. The van der Waals surface area contributed by atoms with Crippen LogP contribution in [-0.4, -0.2) is 23.5 Å². The van der Waals surface area contributed by atoms with E-state index < -0.39 is 0 Å². The fourth-order valence-corrected chi connectivity index (χ4v) is 4.23. The molecule has 5 rings (SSSR count). The molecule has 2 heterocycles. The summed E-state index contributed by atoms with van der Waals surface area (Å²) in [6.07, 6.45) is 0. The molecule has 3 nitrogen and oxygen atoms in total. The van der Waals surface area contributed by atoms with Gasteiger partial charge in [-0.25, -0.2) is 0 Å². The molecule has 0 fully saturated rings. The van der Waals surface area contributed by atoms with Crippen LogP contribution in [0.15, 0.2) is 60.7 Å². The molecule has 27 heavy (non-hydrogen) atoms. The third-order valence-corrected chi connectivity index (χ3v) is 5.45. The Morgan fingerprint density at radius 2 is 1.67 bits per heavy atom. The van der Waals surface area contributed by atoms with Crippen molar-refractivity contribution in [3.05, 3.63) is 77.9 Å². The molecule has 135 valence electrons. The number of hydrogen-bond acceptors (Lipinski definition) is 2. The SMILES string of the molecule is Cc1cccc(C)c1B1N(C)c2ccc[c-]c2-c2nc3ccccc3n21.[Ir]. The van der Waals surface area contributed by atoms with Crippen LogP contribution in [0.3, 0.4) is 0 Å². The molecule has 1 aliphatic rings. The minimum absolute atomic E-state index is 0. The standard InChI is InChI=1S/C22H19BN3.Ir/c1-15-9-8-10-16(2)21(15)23-25(3)19-13-6-4-11-17(19)22-24-18-12-5-7-14-20(18)26(22)23;/h4-10,12-14H,1-3H3;/q-1;. The Bertz CT molecular complexity index is 1130. The molecule has 0 unspecified atom stereocenters. The molecule has 0 aliphatic carbocycles. The number of nitrogens with zero attached hydrogens (tertiary/aromatic N) is 3. The van der Waals surface area contributed by atoms with Gasteiger partial charge < -0.3 is 9.29 Å². The molecule has 0 atom stereocenters. The molecule has 1 aromatic heterocycles. The topological polar surface area (TPSA) is 21.1 Å². The molecule has 0 saturated carbocycles. The normalized spacial score (nSPS) is 12.6. The van der Waals surface area contributed by atoms with E-state index >= 15 is 0 Å². The van der Waals surface area contributed by atoms with Crippen molar-refractivity contribution in [2.75, 3.05) is 11.9 Å². The van der Waals surface area contributed by atoms with Gasteiger partial charge in [0.25, 0.3) is 0 Å². The second-order valence-corrected chi connectivity index (χ2v) is 7.01. The molecule has 5 heteroatoms. The number of imidazole rings is 1. The molecule has 0 spiro atoms. The van der Waals surface area contributed by atoms with Gasteiger partial charge in [-0.3, -0.25) is 4.98 Å². The molecule has 0 bridgehead atoms. The zero-order chi connectivity index (χ0) is 17.8. The van der Waals surface area contributed by atoms with Crippen molar-refractivity contribution < 1.29 is 20.1 Å². The zero-order valence-corrected chi connectivity index (χ0v) is 17.9. The Morgan fingerprint density at radius 1 is 0.926 bits per heavy atom. The third-order valence-electron chi connectivity index (χ3n) is 5.45. The fraction of sp³-hybridized carbons (Fsp3) is 0.136. The van der Waals surface area contributed by atoms with Crippen molar-refractivity contribution in [1.82, 2.24) is 9.46 Å². The molecule has 0 amide bonds. The van der Waals surface area contributed by atoms with Crippen LogP contribution in [0.2, 0.25) is 0 Å². The second-order valence-electron chi connectivity index (χ2n) is 7.01. The van der Waals surface area contributed by atoms with Gasteiger partial charge in [-0.15, -0.1) is 24.3 Å². The first kappa shape index (κ1) is 18.0. The number of fused-ring (bicyclic) bond motifs is 5. The predicted octanol–water partition coefficient (Wildman–Crippen LogP) is 3.81. The van der Waals surface area contributed by atoms with Crippen molar-refractivity contribution in [2.24, 2.45) is 0 Å². The molecule has 0 saturated heterocycles. The molecule has 4 aromatic rings. The van der Waals surface area contributed by atoms with Gasteiger partial charge in [-0.2, -0.15) is 0 Å². The van der Waals surface area contributed by atoms with Gasteiger partial charge in [0.15, 0.2) is 0 Å². The number of rotatable bonds is 1. The average Bonchev–Trinajstić information content (AvgIpc) is 3.04. The van der Waals surface area contributed by atoms with E-state index in [4.69, 9.17) is 4.98 Å². The maximum absolute atomic E-state index is 4.97. The van der Waals surface area contributed by atoms with E-state index in [-0.39, 0.29) is 27.1 Å². The van der Waals surface area contributed by atoms with Gasteiger partial charge in [0, 0.05) is 31.4 Å². The zero-order valence-electron chi connectivity index (χ0n) is 15.5. The number of benzene rings is 3. The molecule has 0 N–H and O–H groups in total. The van der Waals surface area contributed by atoms with Crippen molar-refractivity contribution in [3.8, 4) is 11.4 Å². The Labute approximate surface area is 173 Å². The summed E-state index contributed by atoms with van der Waals surface area (Å²) < 4.78 is 2.36. The van der Waals surface area contributed by atoms with E-state index in [1.54, 1.807) is 0 Å².